The maximum Gasteiger partial charge on any atom is 0.0444 e. The Hall–Kier alpha value is -0.530. The lowest BCUT2D eigenvalue weighted by molar-refractivity contribution is 0.302. The van der Waals surface area contributed by atoms with E-state index in [-0.39, 0.29) is 5.54 Å². The number of hydrogen-bond donors (Lipinski definition) is 1. The van der Waals surface area contributed by atoms with Crippen molar-refractivity contribution in [2.45, 2.75) is 75.7 Å². The van der Waals surface area contributed by atoms with Crippen molar-refractivity contribution >= 4 is 11.6 Å². The molecule has 2 heteroatoms. The molecule has 0 radical (unpaired) electrons. The van der Waals surface area contributed by atoms with Crippen LogP contribution in [0.25, 0.3) is 0 Å². The van der Waals surface area contributed by atoms with E-state index in [4.69, 9.17) is 17.3 Å². The summed E-state index contributed by atoms with van der Waals surface area (Å²) in [4.78, 5) is 0. The minimum Gasteiger partial charge on any atom is -0.321 e. The molecule has 20 heavy (non-hydrogen) atoms. The third-order valence-corrected chi connectivity index (χ3v) is 5.69. The zero-order chi connectivity index (χ0) is 14.0. The van der Waals surface area contributed by atoms with Crippen LogP contribution >= 0.6 is 11.6 Å². The van der Waals surface area contributed by atoms with E-state index in [1.807, 2.05) is 0 Å². The van der Waals surface area contributed by atoms with E-state index in [0.29, 0.717) is 5.92 Å². The van der Waals surface area contributed by atoms with Gasteiger partial charge in [0.15, 0.2) is 0 Å². The summed E-state index contributed by atoms with van der Waals surface area (Å²) in [5.74, 6) is 0.672. The van der Waals surface area contributed by atoms with Crippen molar-refractivity contribution in [1.29, 1.82) is 0 Å². The highest BCUT2D eigenvalue weighted by atomic mass is 35.5. The summed E-state index contributed by atoms with van der Waals surface area (Å²) in [6.45, 7) is 0. The molecule has 2 fully saturated rings. The summed E-state index contributed by atoms with van der Waals surface area (Å²) in [5, 5.41) is 0.949. The molecular formula is C18H26ClN. The first-order chi connectivity index (χ1) is 9.69. The summed E-state index contributed by atoms with van der Waals surface area (Å²) in [7, 11) is 0. The van der Waals surface area contributed by atoms with Crippen LogP contribution in [0.15, 0.2) is 18.2 Å². The van der Waals surface area contributed by atoms with Crippen LogP contribution in [0.1, 0.15) is 81.3 Å². The lowest BCUT2D eigenvalue weighted by Gasteiger charge is -2.34. The first kappa shape index (κ1) is 14.4. The molecule has 0 spiro atoms. The highest BCUT2D eigenvalue weighted by Gasteiger charge is 2.30. The number of nitrogens with two attached hydrogens (primary N) is 1. The molecule has 0 amide bonds. The van der Waals surface area contributed by atoms with Gasteiger partial charge in [0.2, 0.25) is 0 Å². The van der Waals surface area contributed by atoms with Gasteiger partial charge in [0, 0.05) is 10.6 Å². The Balaban J connectivity index is 1.83. The maximum absolute atomic E-state index is 6.62. The molecular weight excluding hydrogens is 266 g/mol. The molecule has 2 saturated carbocycles. The Morgan fingerprint density at radius 2 is 1.60 bits per heavy atom. The topological polar surface area (TPSA) is 26.0 Å². The van der Waals surface area contributed by atoms with Gasteiger partial charge in [-0.05, 0) is 48.8 Å². The van der Waals surface area contributed by atoms with Gasteiger partial charge < -0.3 is 5.73 Å². The van der Waals surface area contributed by atoms with Gasteiger partial charge in [0.05, 0.1) is 0 Å². The van der Waals surface area contributed by atoms with Crippen molar-refractivity contribution in [3.8, 4) is 0 Å². The molecule has 110 valence electrons. The third kappa shape index (κ3) is 2.89. The molecule has 0 saturated heterocycles. The van der Waals surface area contributed by atoms with E-state index in [1.165, 1.54) is 62.5 Å². The quantitative estimate of drug-likeness (QED) is 0.764. The Kier molecular flexibility index (Phi) is 4.37. The highest BCUT2D eigenvalue weighted by Crippen LogP contribution is 2.40. The summed E-state index contributed by atoms with van der Waals surface area (Å²) in [6, 6.07) is 6.68. The molecule has 2 aliphatic carbocycles. The van der Waals surface area contributed by atoms with Crippen LogP contribution in [0.2, 0.25) is 5.02 Å². The third-order valence-electron chi connectivity index (χ3n) is 5.37. The molecule has 0 bridgehead atoms. The van der Waals surface area contributed by atoms with Crippen molar-refractivity contribution in [2.24, 2.45) is 5.73 Å². The Morgan fingerprint density at radius 1 is 0.950 bits per heavy atom. The van der Waals surface area contributed by atoms with Gasteiger partial charge in [-0.25, -0.2) is 0 Å². The molecule has 2 N–H and O–H groups in total. The lowest BCUT2D eigenvalue weighted by atomic mass is 9.76. The Labute approximate surface area is 127 Å². The normalized spacial score (nSPS) is 23.7. The van der Waals surface area contributed by atoms with Gasteiger partial charge in [-0.15, -0.1) is 0 Å². The van der Waals surface area contributed by atoms with E-state index in [2.05, 4.69) is 18.2 Å². The van der Waals surface area contributed by atoms with E-state index in [0.717, 1.165) is 17.9 Å². The lowest BCUT2D eigenvalue weighted by Crippen LogP contribution is -2.38. The molecule has 0 unspecified atom stereocenters. The SMILES string of the molecule is NC1(c2ccc(C3CCCCC3)c(Cl)c2)CCCCC1. The van der Waals surface area contributed by atoms with Crippen LogP contribution in [0, 0.1) is 0 Å². The van der Waals surface area contributed by atoms with Gasteiger partial charge in [-0.2, -0.15) is 0 Å². The number of halogens is 1. The molecule has 0 heterocycles. The van der Waals surface area contributed by atoms with Gasteiger partial charge in [0.25, 0.3) is 0 Å². The monoisotopic (exact) mass is 291 g/mol. The fourth-order valence-electron chi connectivity index (χ4n) is 4.05. The van der Waals surface area contributed by atoms with Crippen molar-refractivity contribution in [3.05, 3.63) is 34.3 Å². The van der Waals surface area contributed by atoms with Gasteiger partial charge in [-0.1, -0.05) is 62.3 Å². The van der Waals surface area contributed by atoms with E-state index in [9.17, 15) is 0 Å². The minimum absolute atomic E-state index is 0.132. The zero-order valence-corrected chi connectivity index (χ0v) is 13.1. The summed E-state index contributed by atoms with van der Waals surface area (Å²) in [6.07, 6.45) is 12.7. The fourth-order valence-corrected chi connectivity index (χ4v) is 4.39. The van der Waals surface area contributed by atoms with Crippen molar-refractivity contribution in [3.63, 3.8) is 0 Å². The minimum atomic E-state index is -0.132. The van der Waals surface area contributed by atoms with Crippen molar-refractivity contribution in [1.82, 2.24) is 0 Å². The molecule has 0 atom stereocenters. The van der Waals surface area contributed by atoms with Crippen LogP contribution in [0.5, 0.6) is 0 Å². The first-order valence-electron chi connectivity index (χ1n) is 8.28. The predicted octanol–water partition coefficient (Wildman–Crippen LogP) is 5.51. The van der Waals surface area contributed by atoms with Crippen molar-refractivity contribution in [2.75, 3.05) is 0 Å². The fraction of sp³-hybridized carbons (Fsp3) is 0.667. The average Bonchev–Trinajstić information content (AvgIpc) is 2.49. The second kappa shape index (κ2) is 6.07. The number of rotatable bonds is 2. The van der Waals surface area contributed by atoms with Gasteiger partial charge in [0.1, 0.15) is 0 Å². The second-order valence-corrected chi connectivity index (χ2v) is 7.20. The average molecular weight is 292 g/mol. The molecule has 1 aromatic carbocycles. The smallest absolute Gasteiger partial charge is 0.0444 e. The molecule has 2 aliphatic rings. The van der Waals surface area contributed by atoms with Crippen LogP contribution in [-0.4, -0.2) is 0 Å². The Bertz CT molecular complexity index is 456. The second-order valence-electron chi connectivity index (χ2n) is 6.79. The van der Waals surface area contributed by atoms with Gasteiger partial charge >= 0.3 is 0 Å². The van der Waals surface area contributed by atoms with Crippen molar-refractivity contribution < 1.29 is 0 Å². The first-order valence-corrected chi connectivity index (χ1v) is 8.66. The zero-order valence-electron chi connectivity index (χ0n) is 12.3. The summed E-state index contributed by atoms with van der Waals surface area (Å²) >= 11 is 6.59. The predicted molar refractivity (Wildman–Crippen MR) is 86.2 cm³/mol. The molecule has 1 nitrogen and oxygen atoms in total. The van der Waals surface area contributed by atoms with Crippen LogP contribution in [0.4, 0.5) is 0 Å². The molecule has 1 aromatic rings. The highest BCUT2D eigenvalue weighted by molar-refractivity contribution is 6.31. The molecule has 3 rings (SSSR count). The van der Waals surface area contributed by atoms with E-state index >= 15 is 0 Å². The van der Waals surface area contributed by atoms with Crippen LogP contribution in [0.3, 0.4) is 0 Å². The van der Waals surface area contributed by atoms with Crippen LogP contribution in [-0.2, 0) is 5.54 Å². The Morgan fingerprint density at radius 3 is 2.25 bits per heavy atom. The summed E-state index contributed by atoms with van der Waals surface area (Å²) in [5.41, 5.74) is 9.09. The molecule has 0 aromatic heterocycles. The van der Waals surface area contributed by atoms with E-state index < -0.39 is 0 Å². The van der Waals surface area contributed by atoms with E-state index in [1.54, 1.807) is 0 Å². The standard InChI is InChI=1S/C18H26ClN/c19-17-13-15(18(20)11-5-2-6-12-18)9-10-16(17)14-7-3-1-4-8-14/h9-10,13-14H,1-8,11-12,20H2. The van der Waals surface area contributed by atoms with Crippen LogP contribution < -0.4 is 5.73 Å². The molecule has 0 aliphatic heterocycles. The largest absolute Gasteiger partial charge is 0.321 e. The number of benzene rings is 1. The van der Waals surface area contributed by atoms with Gasteiger partial charge in [-0.3, -0.25) is 0 Å². The summed E-state index contributed by atoms with van der Waals surface area (Å²) < 4.78 is 0. The number of hydrogen-bond acceptors (Lipinski definition) is 1. The maximum atomic E-state index is 6.62.